The van der Waals surface area contributed by atoms with Crippen molar-refractivity contribution in [3.8, 4) is 0 Å². The summed E-state index contributed by atoms with van der Waals surface area (Å²) in [5.41, 5.74) is 0.607. The molecule has 2 aromatic rings. The van der Waals surface area contributed by atoms with E-state index < -0.39 is 45.2 Å². The summed E-state index contributed by atoms with van der Waals surface area (Å²) in [4.78, 5) is 38.4. The molecule has 0 aliphatic heterocycles. The Hall–Kier alpha value is -3.54. The number of anilines is 1. The lowest BCUT2D eigenvalue weighted by molar-refractivity contribution is -0.384. The van der Waals surface area contributed by atoms with Crippen LogP contribution in [0.3, 0.4) is 0 Å². The molecule has 0 heterocycles. The van der Waals surface area contributed by atoms with Crippen LogP contribution in [0.4, 0.5) is 15.8 Å². The van der Waals surface area contributed by atoms with Gasteiger partial charge in [0.1, 0.15) is 18.4 Å². The molecule has 36 heavy (non-hydrogen) atoms. The maximum absolute atomic E-state index is 13.6. The number of nitro groups is 1. The quantitative estimate of drug-likeness (QED) is 0.356. The number of nitro benzene ring substituents is 1. The van der Waals surface area contributed by atoms with Crippen molar-refractivity contribution in [2.75, 3.05) is 17.1 Å². The minimum Gasteiger partial charge on any atom is -0.352 e. The van der Waals surface area contributed by atoms with Crippen molar-refractivity contribution < 1.29 is 27.3 Å². The van der Waals surface area contributed by atoms with Gasteiger partial charge in [-0.25, -0.2) is 12.8 Å². The lowest BCUT2D eigenvalue weighted by Crippen LogP contribution is -2.53. The predicted molar refractivity (Wildman–Crippen MR) is 134 cm³/mol. The Morgan fingerprint density at radius 3 is 2.25 bits per heavy atom. The molecule has 0 aliphatic carbocycles. The number of halogens is 1. The van der Waals surface area contributed by atoms with E-state index in [0.29, 0.717) is 11.1 Å². The highest BCUT2D eigenvalue weighted by Gasteiger charge is 2.32. The molecule has 196 valence electrons. The summed E-state index contributed by atoms with van der Waals surface area (Å²) in [6.07, 6.45) is 1.13. The Bertz CT molecular complexity index is 1220. The Balaban J connectivity index is 2.52. The van der Waals surface area contributed by atoms with Crippen LogP contribution in [0.2, 0.25) is 0 Å². The molecule has 1 N–H and O–H groups in total. The lowest BCUT2D eigenvalue weighted by atomic mass is 10.1. The summed E-state index contributed by atoms with van der Waals surface area (Å²) >= 11 is 0. The van der Waals surface area contributed by atoms with Crippen molar-refractivity contribution in [3.63, 3.8) is 0 Å². The minimum absolute atomic E-state index is 0.0125. The van der Waals surface area contributed by atoms with Crippen LogP contribution in [0.1, 0.15) is 38.3 Å². The van der Waals surface area contributed by atoms with E-state index in [4.69, 9.17) is 0 Å². The number of nitrogens with one attached hydrogen (secondary N) is 1. The number of hydrogen-bond acceptors (Lipinski definition) is 6. The molecule has 0 spiro atoms. The number of carbonyl (C=O) groups excluding carboxylic acids is 2. The van der Waals surface area contributed by atoms with Crippen LogP contribution in [0.15, 0.2) is 42.5 Å². The smallest absolute Gasteiger partial charge is 0.271 e. The fraction of sp³-hybridized carbons (Fsp3) is 0.417. The summed E-state index contributed by atoms with van der Waals surface area (Å²) in [7, 11) is -4.05. The zero-order chi connectivity index (χ0) is 27.2. The molecule has 0 aromatic heterocycles. The van der Waals surface area contributed by atoms with Gasteiger partial charge in [-0.05, 0) is 50.5 Å². The monoisotopic (exact) mass is 522 g/mol. The molecular formula is C24H31FN4O6S. The fourth-order valence-corrected chi connectivity index (χ4v) is 4.56. The SMILES string of the molecule is CC[C@@H](C(=O)NC(C)C)N(Cc1ccc(F)cc1)C(=O)CN(c1cc([N+](=O)[O-])ccc1C)S(C)(=O)=O. The first-order chi connectivity index (χ1) is 16.7. The molecule has 0 fully saturated rings. The first kappa shape index (κ1) is 28.7. The third-order valence-electron chi connectivity index (χ3n) is 5.43. The molecule has 0 bridgehead atoms. The average molecular weight is 523 g/mol. The van der Waals surface area contributed by atoms with Crippen LogP contribution >= 0.6 is 0 Å². The van der Waals surface area contributed by atoms with E-state index in [1.54, 1.807) is 27.7 Å². The van der Waals surface area contributed by atoms with E-state index in [1.807, 2.05) is 0 Å². The summed E-state index contributed by atoms with van der Waals surface area (Å²) in [5, 5.41) is 14.0. The molecule has 2 rings (SSSR count). The number of aryl methyl sites for hydroxylation is 1. The topological polar surface area (TPSA) is 130 Å². The second-order valence-electron chi connectivity index (χ2n) is 8.73. The van der Waals surface area contributed by atoms with Gasteiger partial charge in [-0.15, -0.1) is 0 Å². The standard InChI is InChI=1S/C24H31FN4O6S/c1-6-21(24(31)26-16(2)3)27(14-18-8-10-19(25)11-9-18)23(30)15-28(36(5,34)35)22-13-20(29(32)33)12-7-17(22)4/h7-13,16,21H,6,14-15H2,1-5H3,(H,26,31)/t21-/m0/s1. The number of rotatable bonds is 11. The van der Waals surface area contributed by atoms with Crippen molar-refractivity contribution in [3.05, 3.63) is 69.5 Å². The Morgan fingerprint density at radius 1 is 1.14 bits per heavy atom. The second-order valence-corrected chi connectivity index (χ2v) is 10.6. The molecule has 2 amide bonds. The maximum atomic E-state index is 13.6. The predicted octanol–water partition coefficient (Wildman–Crippen LogP) is 3.14. The largest absolute Gasteiger partial charge is 0.352 e. The Labute approximate surface area is 210 Å². The van der Waals surface area contributed by atoms with Gasteiger partial charge in [0, 0.05) is 24.7 Å². The zero-order valence-corrected chi connectivity index (χ0v) is 21.7. The van der Waals surface area contributed by atoms with Gasteiger partial charge in [-0.1, -0.05) is 25.1 Å². The first-order valence-corrected chi connectivity index (χ1v) is 13.2. The number of carbonyl (C=O) groups is 2. The number of benzene rings is 2. The molecule has 10 nitrogen and oxygen atoms in total. The van der Waals surface area contributed by atoms with Crippen molar-refractivity contribution in [2.24, 2.45) is 0 Å². The van der Waals surface area contributed by atoms with Gasteiger partial charge < -0.3 is 10.2 Å². The molecular weight excluding hydrogens is 491 g/mol. The second kappa shape index (κ2) is 11.9. The highest BCUT2D eigenvalue weighted by molar-refractivity contribution is 7.92. The van der Waals surface area contributed by atoms with Crippen LogP contribution in [0, 0.1) is 22.9 Å². The maximum Gasteiger partial charge on any atom is 0.271 e. The summed E-state index contributed by atoms with van der Waals surface area (Å²) in [5.74, 6) is -1.58. The van der Waals surface area contributed by atoms with Crippen molar-refractivity contribution in [2.45, 2.75) is 52.7 Å². The highest BCUT2D eigenvalue weighted by atomic mass is 32.2. The Kier molecular flexibility index (Phi) is 9.51. The fourth-order valence-electron chi connectivity index (χ4n) is 3.66. The normalized spacial score (nSPS) is 12.2. The number of non-ortho nitro benzene ring substituents is 1. The zero-order valence-electron chi connectivity index (χ0n) is 20.9. The van der Waals surface area contributed by atoms with E-state index in [0.717, 1.165) is 16.6 Å². The summed E-state index contributed by atoms with van der Waals surface area (Å²) in [6.45, 7) is 6.07. The van der Waals surface area contributed by atoms with E-state index in [-0.39, 0.29) is 30.4 Å². The third kappa shape index (κ3) is 7.48. The molecule has 2 aromatic carbocycles. The summed E-state index contributed by atoms with van der Waals surface area (Å²) < 4.78 is 39.6. The van der Waals surface area contributed by atoms with Crippen LogP contribution < -0.4 is 9.62 Å². The Morgan fingerprint density at radius 2 is 1.75 bits per heavy atom. The molecule has 1 atom stereocenters. The van der Waals surface area contributed by atoms with Gasteiger partial charge >= 0.3 is 0 Å². The van der Waals surface area contributed by atoms with Gasteiger partial charge in [0.15, 0.2) is 0 Å². The van der Waals surface area contributed by atoms with Crippen molar-refractivity contribution in [1.82, 2.24) is 10.2 Å². The molecule has 12 heteroatoms. The van der Waals surface area contributed by atoms with Crippen LogP contribution in [-0.4, -0.2) is 54.9 Å². The van der Waals surface area contributed by atoms with E-state index >= 15 is 0 Å². The average Bonchev–Trinajstić information content (AvgIpc) is 2.77. The molecule has 0 saturated heterocycles. The van der Waals surface area contributed by atoms with Crippen LogP contribution in [-0.2, 0) is 26.2 Å². The first-order valence-electron chi connectivity index (χ1n) is 11.3. The lowest BCUT2D eigenvalue weighted by Gasteiger charge is -2.33. The van der Waals surface area contributed by atoms with Gasteiger partial charge in [-0.2, -0.15) is 0 Å². The number of sulfonamides is 1. The van der Waals surface area contributed by atoms with Crippen molar-refractivity contribution >= 4 is 33.2 Å². The number of amides is 2. The van der Waals surface area contributed by atoms with E-state index in [2.05, 4.69) is 5.32 Å². The summed E-state index contributed by atoms with van der Waals surface area (Å²) in [6, 6.07) is 8.00. The van der Waals surface area contributed by atoms with Gasteiger partial charge in [0.05, 0.1) is 16.9 Å². The molecule has 0 radical (unpaired) electrons. The molecule has 0 unspecified atom stereocenters. The van der Waals surface area contributed by atoms with E-state index in [1.165, 1.54) is 41.3 Å². The van der Waals surface area contributed by atoms with E-state index in [9.17, 15) is 32.5 Å². The highest BCUT2D eigenvalue weighted by Crippen LogP contribution is 2.28. The minimum atomic E-state index is -4.05. The number of nitrogens with zero attached hydrogens (tertiary/aromatic N) is 3. The van der Waals surface area contributed by atoms with Gasteiger partial charge in [0.2, 0.25) is 21.8 Å². The van der Waals surface area contributed by atoms with Gasteiger partial charge in [-0.3, -0.25) is 24.0 Å². The molecule has 0 saturated carbocycles. The van der Waals surface area contributed by atoms with Crippen LogP contribution in [0.5, 0.6) is 0 Å². The third-order valence-corrected chi connectivity index (χ3v) is 6.56. The number of hydrogen-bond donors (Lipinski definition) is 1. The molecule has 0 aliphatic rings. The van der Waals surface area contributed by atoms with Crippen molar-refractivity contribution in [1.29, 1.82) is 0 Å². The van der Waals surface area contributed by atoms with Crippen LogP contribution in [0.25, 0.3) is 0 Å². The van der Waals surface area contributed by atoms with Gasteiger partial charge in [0.25, 0.3) is 5.69 Å².